The molecular weight excluding hydrogens is 527 g/mol. The number of alkyl halides is 3. The Balaban J connectivity index is 1.12. The number of rotatable bonds is 8. The van der Waals surface area contributed by atoms with Crippen LogP contribution in [0.2, 0.25) is 0 Å². The standard InChI is InChI=1S/C32H32F3N5O/c33-32(34,35)22-37-30(41)31(25-11-3-1-9-23(25)24-10-2-4-12-26(24)31)15-7-8-16-39-17-19-40(20-18-39)29-21-36-27-13-5-6-14-28(27)38-29/h1-6,9-14,21H,7-8,15-20,22H2,(H,37,41). The van der Waals surface area contributed by atoms with Crippen LogP contribution < -0.4 is 10.2 Å². The zero-order valence-electron chi connectivity index (χ0n) is 22.7. The smallest absolute Gasteiger partial charge is 0.353 e. The lowest BCUT2D eigenvalue weighted by atomic mass is 9.73. The molecule has 1 aromatic heterocycles. The van der Waals surface area contributed by atoms with E-state index in [-0.39, 0.29) is 0 Å². The van der Waals surface area contributed by atoms with Crippen molar-refractivity contribution in [1.29, 1.82) is 0 Å². The summed E-state index contributed by atoms with van der Waals surface area (Å²) >= 11 is 0. The van der Waals surface area contributed by atoms with Gasteiger partial charge in [0.05, 0.1) is 17.2 Å². The van der Waals surface area contributed by atoms with Gasteiger partial charge in [0.15, 0.2) is 0 Å². The van der Waals surface area contributed by atoms with Gasteiger partial charge in [-0.25, -0.2) is 4.98 Å². The Morgan fingerprint density at radius 3 is 2.10 bits per heavy atom. The van der Waals surface area contributed by atoms with Crippen LogP contribution in [0, 0.1) is 0 Å². The zero-order chi connectivity index (χ0) is 28.5. The van der Waals surface area contributed by atoms with E-state index in [4.69, 9.17) is 4.98 Å². The summed E-state index contributed by atoms with van der Waals surface area (Å²) < 4.78 is 39.3. The van der Waals surface area contributed by atoms with Crippen LogP contribution in [-0.2, 0) is 10.2 Å². The molecule has 2 heterocycles. The van der Waals surface area contributed by atoms with Crippen molar-refractivity contribution in [2.24, 2.45) is 0 Å². The molecule has 1 amide bonds. The number of hydrogen-bond acceptors (Lipinski definition) is 5. The highest BCUT2D eigenvalue weighted by atomic mass is 19.4. The van der Waals surface area contributed by atoms with E-state index in [1.807, 2.05) is 79.0 Å². The van der Waals surface area contributed by atoms with Crippen LogP contribution in [0.1, 0.15) is 30.4 Å². The average molecular weight is 560 g/mol. The van der Waals surface area contributed by atoms with Crippen molar-refractivity contribution in [2.75, 3.05) is 44.2 Å². The molecule has 0 unspecified atom stereocenters. The Hall–Kier alpha value is -3.98. The molecule has 0 spiro atoms. The number of fused-ring (bicyclic) bond motifs is 4. The van der Waals surface area contributed by atoms with E-state index in [0.29, 0.717) is 12.8 Å². The molecule has 1 saturated heterocycles. The summed E-state index contributed by atoms with van der Waals surface area (Å²) in [7, 11) is 0. The number of benzene rings is 3. The summed E-state index contributed by atoms with van der Waals surface area (Å²) in [5.74, 6) is 0.297. The molecule has 6 nitrogen and oxygen atoms in total. The van der Waals surface area contributed by atoms with Crippen molar-refractivity contribution in [3.63, 3.8) is 0 Å². The van der Waals surface area contributed by atoms with Crippen molar-refractivity contribution in [3.05, 3.63) is 90.1 Å². The predicted molar refractivity (Wildman–Crippen MR) is 154 cm³/mol. The third-order valence-corrected chi connectivity index (χ3v) is 8.31. The van der Waals surface area contributed by atoms with Gasteiger partial charge >= 0.3 is 6.18 Å². The number of halogens is 3. The van der Waals surface area contributed by atoms with Gasteiger partial charge in [-0.3, -0.25) is 14.7 Å². The number of piperazine rings is 1. The first-order chi connectivity index (χ1) is 19.8. The lowest BCUT2D eigenvalue weighted by molar-refractivity contribution is -0.141. The molecule has 2 aliphatic rings. The Kier molecular flexibility index (Phi) is 7.38. The van der Waals surface area contributed by atoms with Crippen molar-refractivity contribution in [2.45, 2.75) is 30.9 Å². The molecule has 1 aliphatic carbocycles. The largest absolute Gasteiger partial charge is 0.405 e. The number of anilines is 1. The molecule has 1 aliphatic heterocycles. The maximum atomic E-state index is 13.6. The van der Waals surface area contributed by atoms with Crippen LogP contribution in [0.4, 0.5) is 19.0 Å². The number of hydrogen-bond donors (Lipinski definition) is 1. The predicted octanol–water partition coefficient (Wildman–Crippen LogP) is 5.57. The van der Waals surface area contributed by atoms with Gasteiger partial charge in [-0.1, -0.05) is 67.1 Å². The molecule has 3 aromatic carbocycles. The third-order valence-electron chi connectivity index (χ3n) is 8.31. The molecule has 9 heteroatoms. The second-order valence-electron chi connectivity index (χ2n) is 10.8. The molecule has 1 N–H and O–H groups in total. The number of nitrogens with one attached hydrogen (secondary N) is 1. The molecule has 6 rings (SSSR count). The van der Waals surface area contributed by atoms with Crippen LogP contribution >= 0.6 is 0 Å². The number of aromatic nitrogens is 2. The summed E-state index contributed by atoms with van der Waals surface area (Å²) in [5, 5.41) is 2.22. The number of amides is 1. The minimum absolute atomic E-state index is 0.442. The van der Waals surface area contributed by atoms with E-state index in [1.54, 1.807) is 0 Å². The second-order valence-corrected chi connectivity index (χ2v) is 10.8. The maximum Gasteiger partial charge on any atom is 0.405 e. The SMILES string of the molecule is O=C(NCC(F)(F)F)C1(CCCCN2CCN(c3cnc4ccccc4n3)CC2)c2ccccc2-c2ccccc21. The molecule has 212 valence electrons. The fourth-order valence-electron chi connectivity index (χ4n) is 6.31. The minimum atomic E-state index is -4.48. The summed E-state index contributed by atoms with van der Waals surface area (Å²) in [4.78, 5) is 27.6. The van der Waals surface area contributed by atoms with Crippen LogP contribution in [0.25, 0.3) is 22.2 Å². The Labute approximate surface area is 237 Å². The Morgan fingerprint density at radius 1 is 0.829 bits per heavy atom. The Bertz CT molecular complexity index is 1500. The number of carbonyl (C=O) groups excluding carboxylic acids is 1. The Morgan fingerprint density at radius 2 is 1.44 bits per heavy atom. The lowest BCUT2D eigenvalue weighted by Crippen LogP contribution is -2.48. The van der Waals surface area contributed by atoms with E-state index in [2.05, 4.69) is 20.1 Å². The van der Waals surface area contributed by atoms with Gasteiger partial charge in [0.2, 0.25) is 5.91 Å². The van der Waals surface area contributed by atoms with Gasteiger partial charge < -0.3 is 10.2 Å². The van der Waals surface area contributed by atoms with Crippen LogP contribution in [0.3, 0.4) is 0 Å². The third kappa shape index (κ3) is 5.38. The van der Waals surface area contributed by atoms with Crippen LogP contribution in [-0.4, -0.2) is 66.2 Å². The molecular formula is C32H32F3N5O. The first-order valence-corrected chi connectivity index (χ1v) is 14.1. The molecule has 41 heavy (non-hydrogen) atoms. The quantitative estimate of drug-likeness (QED) is 0.286. The highest BCUT2D eigenvalue weighted by Gasteiger charge is 2.49. The van der Waals surface area contributed by atoms with E-state index in [9.17, 15) is 18.0 Å². The normalized spacial score (nSPS) is 16.4. The molecule has 0 saturated carbocycles. The van der Waals surface area contributed by atoms with E-state index < -0.39 is 24.0 Å². The summed E-state index contributed by atoms with van der Waals surface area (Å²) in [5.41, 5.74) is 4.02. The number of para-hydroxylation sites is 2. The van der Waals surface area contributed by atoms with Crippen molar-refractivity contribution >= 4 is 22.8 Å². The van der Waals surface area contributed by atoms with Gasteiger partial charge in [-0.2, -0.15) is 13.2 Å². The van der Waals surface area contributed by atoms with Gasteiger partial charge in [0.1, 0.15) is 17.8 Å². The van der Waals surface area contributed by atoms with Gasteiger partial charge in [0, 0.05) is 26.2 Å². The molecule has 1 fully saturated rings. The number of unbranched alkanes of at least 4 members (excludes halogenated alkanes) is 1. The molecule has 0 radical (unpaired) electrons. The fourth-order valence-corrected chi connectivity index (χ4v) is 6.31. The topological polar surface area (TPSA) is 61.4 Å². The highest BCUT2D eigenvalue weighted by molar-refractivity contribution is 6.00. The first-order valence-electron chi connectivity index (χ1n) is 14.1. The van der Waals surface area contributed by atoms with Crippen molar-refractivity contribution < 1.29 is 18.0 Å². The average Bonchev–Trinajstić information content (AvgIpc) is 3.28. The fraction of sp³-hybridized carbons (Fsp3) is 0.344. The molecule has 4 aromatic rings. The van der Waals surface area contributed by atoms with Crippen LogP contribution in [0.5, 0.6) is 0 Å². The summed E-state index contributed by atoms with van der Waals surface area (Å²) in [6.45, 7) is 2.98. The van der Waals surface area contributed by atoms with Crippen molar-refractivity contribution in [3.8, 4) is 11.1 Å². The molecule has 0 atom stereocenters. The lowest BCUT2D eigenvalue weighted by Gasteiger charge is -2.35. The minimum Gasteiger partial charge on any atom is -0.353 e. The van der Waals surface area contributed by atoms with Gasteiger partial charge in [-0.15, -0.1) is 0 Å². The zero-order valence-corrected chi connectivity index (χ0v) is 22.7. The maximum absolute atomic E-state index is 13.6. The highest BCUT2D eigenvalue weighted by Crippen LogP contribution is 2.51. The summed E-state index contributed by atoms with van der Waals surface area (Å²) in [6, 6.07) is 23.0. The van der Waals surface area contributed by atoms with E-state index in [0.717, 1.165) is 78.2 Å². The number of carbonyl (C=O) groups is 1. The number of nitrogens with zero attached hydrogens (tertiary/aromatic N) is 4. The van der Waals surface area contributed by atoms with Crippen molar-refractivity contribution in [1.82, 2.24) is 20.2 Å². The van der Waals surface area contributed by atoms with Gasteiger partial charge in [0.25, 0.3) is 0 Å². The first kappa shape index (κ1) is 27.2. The molecule has 0 bridgehead atoms. The second kappa shape index (κ2) is 11.1. The van der Waals surface area contributed by atoms with E-state index >= 15 is 0 Å². The summed E-state index contributed by atoms with van der Waals surface area (Å²) in [6.07, 6.45) is -0.655. The van der Waals surface area contributed by atoms with E-state index in [1.165, 1.54) is 0 Å². The monoisotopic (exact) mass is 559 g/mol. The van der Waals surface area contributed by atoms with Gasteiger partial charge in [-0.05, 0) is 53.8 Å². The van der Waals surface area contributed by atoms with Crippen LogP contribution in [0.15, 0.2) is 79.0 Å².